The zero-order chi connectivity index (χ0) is 19.2. The lowest BCUT2D eigenvalue weighted by atomic mass is 9.36. The Labute approximate surface area is 166 Å². The van der Waals surface area contributed by atoms with Crippen LogP contribution in [0.15, 0.2) is 54.6 Å². The van der Waals surface area contributed by atoms with Gasteiger partial charge in [0.15, 0.2) is 0 Å². The molecule has 0 radical (unpaired) electrons. The van der Waals surface area contributed by atoms with E-state index in [1.165, 1.54) is 18.4 Å². The Morgan fingerprint density at radius 1 is 0.964 bits per heavy atom. The summed E-state index contributed by atoms with van der Waals surface area (Å²) in [5.74, 6) is 1.68. The molecule has 4 atom stereocenters. The van der Waals surface area contributed by atoms with Crippen LogP contribution in [-0.4, -0.2) is 29.5 Å². The van der Waals surface area contributed by atoms with Gasteiger partial charge in [-0.25, -0.2) is 0 Å². The Morgan fingerprint density at radius 2 is 1.75 bits per heavy atom. The second-order valence-corrected chi connectivity index (χ2v) is 8.80. The van der Waals surface area contributed by atoms with Crippen molar-refractivity contribution >= 4 is 0 Å². The molecule has 5 rings (SSSR count). The van der Waals surface area contributed by atoms with E-state index in [1.807, 2.05) is 36.4 Å². The van der Waals surface area contributed by atoms with Crippen LogP contribution in [0.5, 0.6) is 11.5 Å². The SMILES string of the molecule is OCC(O)CCC12CCC13CCC3(c1cccc(Oc3ccccc3)c1)OC2. The third kappa shape index (κ3) is 2.41. The van der Waals surface area contributed by atoms with Gasteiger partial charge in [-0.15, -0.1) is 0 Å². The normalized spacial score (nSPS) is 33.9. The number of hydrogen-bond acceptors (Lipinski definition) is 4. The molecule has 1 saturated heterocycles. The van der Waals surface area contributed by atoms with Gasteiger partial charge in [-0.2, -0.15) is 0 Å². The van der Waals surface area contributed by atoms with E-state index in [9.17, 15) is 10.2 Å². The van der Waals surface area contributed by atoms with Crippen molar-refractivity contribution in [3.8, 4) is 11.5 Å². The molecule has 0 aromatic heterocycles. The van der Waals surface area contributed by atoms with Crippen LogP contribution in [0.3, 0.4) is 0 Å². The summed E-state index contributed by atoms with van der Waals surface area (Å²) in [6, 6.07) is 18.2. The van der Waals surface area contributed by atoms with Gasteiger partial charge in [-0.1, -0.05) is 30.3 Å². The maximum Gasteiger partial charge on any atom is 0.127 e. The monoisotopic (exact) mass is 380 g/mol. The minimum Gasteiger partial charge on any atom is -0.457 e. The summed E-state index contributed by atoms with van der Waals surface area (Å²) in [7, 11) is 0. The van der Waals surface area contributed by atoms with Gasteiger partial charge in [0.1, 0.15) is 11.5 Å². The molecule has 1 heterocycles. The quantitative estimate of drug-likeness (QED) is 0.748. The molecule has 4 nitrogen and oxygen atoms in total. The van der Waals surface area contributed by atoms with Gasteiger partial charge >= 0.3 is 0 Å². The summed E-state index contributed by atoms with van der Waals surface area (Å²) in [4.78, 5) is 0. The minimum absolute atomic E-state index is 0.150. The number of rotatable bonds is 7. The van der Waals surface area contributed by atoms with E-state index in [0.29, 0.717) is 6.42 Å². The fourth-order valence-corrected chi connectivity index (χ4v) is 6.05. The average molecular weight is 380 g/mol. The molecule has 2 aromatic carbocycles. The Hall–Kier alpha value is -1.88. The van der Waals surface area contributed by atoms with Crippen molar-refractivity contribution in [2.24, 2.45) is 10.8 Å². The standard InChI is InChI=1S/C24H28O4/c25-16-19(26)9-10-22-11-12-23(22)13-14-24(23,27-17-22)18-5-4-8-21(15-18)28-20-6-2-1-3-7-20/h1-8,15,19,25-26H,9-14,16-17H2. The predicted octanol–water partition coefficient (Wildman–Crippen LogP) is 4.40. The van der Waals surface area contributed by atoms with E-state index in [4.69, 9.17) is 9.47 Å². The fraction of sp³-hybridized carbons (Fsp3) is 0.500. The summed E-state index contributed by atoms with van der Waals surface area (Å²) >= 11 is 0. The molecule has 2 aliphatic carbocycles. The van der Waals surface area contributed by atoms with Gasteiger partial charge in [0.05, 0.1) is 24.9 Å². The summed E-state index contributed by atoms with van der Waals surface area (Å²) in [6.45, 7) is 0.600. The Kier molecular flexibility index (Phi) is 4.27. The number of hydrogen-bond donors (Lipinski definition) is 2. The van der Waals surface area contributed by atoms with Gasteiger partial charge in [0, 0.05) is 10.8 Å². The highest BCUT2D eigenvalue weighted by Gasteiger charge is 2.78. The molecular formula is C24H28O4. The number of benzene rings is 2. The lowest BCUT2D eigenvalue weighted by molar-refractivity contribution is -0.211. The molecule has 2 N–H and O–H groups in total. The van der Waals surface area contributed by atoms with Crippen LogP contribution < -0.4 is 4.74 Å². The van der Waals surface area contributed by atoms with Crippen molar-refractivity contribution in [1.82, 2.24) is 0 Å². The Bertz CT molecular complexity index is 849. The highest BCUT2D eigenvalue weighted by atomic mass is 16.5. The van der Waals surface area contributed by atoms with Gasteiger partial charge in [0.2, 0.25) is 0 Å². The van der Waals surface area contributed by atoms with Gasteiger partial charge < -0.3 is 19.7 Å². The zero-order valence-electron chi connectivity index (χ0n) is 16.1. The third-order valence-electron chi connectivity index (χ3n) is 7.76. The molecule has 1 aliphatic heterocycles. The van der Waals surface area contributed by atoms with Crippen LogP contribution in [0, 0.1) is 10.8 Å². The molecule has 0 bridgehead atoms. The summed E-state index contributed by atoms with van der Waals surface area (Å²) in [5.41, 5.74) is 1.33. The van der Waals surface area contributed by atoms with Crippen molar-refractivity contribution in [2.75, 3.05) is 13.2 Å². The first-order valence-corrected chi connectivity index (χ1v) is 10.4. The lowest BCUT2D eigenvalue weighted by Gasteiger charge is -2.67. The highest BCUT2D eigenvalue weighted by molar-refractivity contribution is 5.42. The van der Waals surface area contributed by atoms with Crippen LogP contribution in [0.2, 0.25) is 0 Å². The van der Waals surface area contributed by atoms with E-state index in [0.717, 1.165) is 37.4 Å². The largest absolute Gasteiger partial charge is 0.457 e. The Morgan fingerprint density at radius 3 is 2.43 bits per heavy atom. The summed E-state index contributed by atoms with van der Waals surface area (Å²) in [5, 5.41) is 19.1. The van der Waals surface area contributed by atoms with Gasteiger partial charge in [0.25, 0.3) is 0 Å². The molecule has 4 unspecified atom stereocenters. The van der Waals surface area contributed by atoms with Crippen LogP contribution in [0.4, 0.5) is 0 Å². The van der Waals surface area contributed by atoms with Gasteiger partial charge in [-0.05, 0) is 68.4 Å². The van der Waals surface area contributed by atoms with E-state index in [-0.39, 0.29) is 23.0 Å². The summed E-state index contributed by atoms with van der Waals surface area (Å²) in [6.07, 6.45) is 5.53. The molecule has 148 valence electrons. The van der Waals surface area contributed by atoms with E-state index in [1.54, 1.807) is 0 Å². The number of ether oxygens (including phenoxy) is 2. The molecular weight excluding hydrogens is 352 g/mol. The molecule has 2 saturated carbocycles. The average Bonchev–Trinajstić information content (AvgIpc) is 2.81. The third-order valence-corrected chi connectivity index (χ3v) is 7.76. The smallest absolute Gasteiger partial charge is 0.127 e. The van der Waals surface area contributed by atoms with Crippen molar-refractivity contribution in [2.45, 2.75) is 50.2 Å². The maximum atomic E-state index is 9.86. The van der Waals surface area contributed by atoms with Crippen LogP contribution >= 0.6 is 0 Å². The second-order valence-electron chi connectivity index (χ2n) is 8.80. The minimum atomic E-state index is -0.621. The lowest BCUT2D eigenvalue weighted by Crippen LogP contribution is -2.64. The Balaban J connectivity index is 1.40. The number of para-hydroxylation sites is 1. The molecule has 3 aliphatic rings. The first-order chi connectivity index (χ1) is 13.6. The van der Waals surface area contributed by atoms with Crippen LogP contribution in [-0.2, 0) is 10.3 Å². The van der Waals surface area contributed by atoms with Gasteiger partial charge in [-0.3, -0.25) is 0 Å². The molecule has 28 heavy (non-hydrogen) atoms. The van der Waals surface area contributed by atoms with E-state index >= 15 is 0 Å². The van der Waals surface area contributed by atoms with E-state index in [2.05, 4.69) is 18.2 Å². The predicted molar refractivity (Wildman–Crippen MR) is 106 cm³/mol. The maximum absolute atomic E-state index is 9.86. The first kappa shape index (κ1) is 18.2. The van der Waals surface area contributed by atoms with Crippen molar-refractivity contribution in [3.63, 3.8) is 0 Å². The molecule has 2 aromatic rings. The molecule has 0 amide bonds. The number of aliphatic hydroxyl groups excluding tert-OH is 2. The highest BCUT2D eigenvalue weighted by Crippen LogP contribution is 2.81. The van der Waals surface area contributed by atoms with Crippen LogP contribution in [0.1, 0.15) is 44.1 Å². The molecule has 1 spiro atoms. The fourth-order valence-electron chi connectivity index (χ4n) is 6.05. The summed E-state index contributed by atoms with van der Waals surface area (Å²) < 4.78 is 12.6. The number of aliphatic hydroxyl groups is 2. The molecule has 3 fully saturated rings. The molecule has 4 heteroatoms. The second kappa shape index (κ2) is 6.58. The van der Waals surface area contributed by atoms with Crippen molar-refractivity contribution in [1.29, 1.82) is 0 Å². The van der Waals surface area contributed by atoms with Crippen molar-refractivity contribution in [3.05, 3.63) is 60.2 Å². The van der Waals surface area contributed by atoms with Crippen molar-refractivity contribution < 1.29 is 19.7 Å². The van der Waals surface area contributed by atoms with Crippen LogP contribution in [0.25, 0.3) is 0 Å². The first-order valence-electron chi connectivity index (χ1n) is 10.4. The topological polar surface area (TPSA) is 58.9 Å². The van der Waals surface area contributed by atoms with E-state index < -0.39 is 6.10 Å². The zero-order valence-corrected chi connectivity index (χ0v) is 16.1.